The molecule has 3 rings (SSSR count). The van der Waals surface area contributed by atoms with E-state index in [1.165, 1.54) is 35.7 Å². The molecule has 1 fully saturated rings. The molecule has 31 heavy (non-hydrogen) atoms. The van der Waals surface area contributed by atoms with Gasteiger partial charge in [-0.1, -0.05) is 32.4 Å². The lowest BCUT2D eigenvalue weighted by molar-refractivity contribution is 0.0980. The number of rotatable bonds is 11. The number of hydrogen-bond acceptors (Lipinski definition) is 6. The van der Waals surface area contributed by atoms with Gasteiger partial charge in [0.2, 0.25) is 10.0 Å². The monoisotopic (exact) mass is 447 g/mol. The summed E-state index contributed by atoms with van der Waals surface area (Å²) in [5.74, 6) is 0.844. The number of benzene rings is 1. The molecule has 1 aromatic carbocycles. The van der Waals surface area contributed by atoms with Crippen LogP contribution in [0.3, 0.4) is 0 Å². The number of piperidine rings is 1. The van der Waals surface area contributed by atoms with Crippen molar-refractivity contribution in [2.75, 3.05) is 39.3 Å². The zero-order valence-corrected chi connectivity index (χ0v) is 19.2. The van der Waals surface area contributed by atoms with E-state index in [4.69, 9.17) is 4.42 Å². The molecule has 2 heterocycles. The van der Waals surface area contributed by atoms with Gasteiger partial charge in [0.25, 0.3) is 0 Å². The van der Waals surface area contributed by atoms with Crippen LogP contribution in [0.25, 0.3) is 0 Å². The van der Waals surface area contributed by atoms with Crippen molar-refractivity contribution in [2.24, 2.45) is 0 Å². The van der Waals surface area contributed by atoms with Crippen molar-refractivity contribution in [3.8, 4) is 0 Å². The minimum absolute atomic E-state index is 0.0661. The number of sulfonamides is 1. The molecule has 1 unspecified atom stereocenters. The third-order valence-corrected chi connectivity index (χ3v) is 7.91. The molecular formula is C23H33N3O4S. The number of hydrogen-bond donors (Lipinski definition) is 1. The maximum absolute atomic E-state index is 12.6. The third kappa shape index (κ3) is 5.83. The van der Waals surface area contributed by atoms with Crippen molar-refractivity contribution < 1.29 is 17.6 Å². The summed E-state index contributed by atoms with van der Waals surface area (Å²) in [6.45, 7) is 7.32. The van der Waals surface area contributed by atoms with Gasteiger partial charge in [0.1, 0.15) is 5.76 Å². The largest absolute Gasteiger partial charge is 0.468 e. The fourth-order valence-corrected chi connectivity index (χ4v) is 5.53. The van der Waals surface area contributed by atoms with Crippen LogP contribution >= 0.6 is 0 Å². The van der Waals surface area contributed by atoms with Crippen LogP contribution in [0.15, 0.2) is 52.0 Å². The Kier molecular flexibility index (Phi) is 8.43. The first-order chi connectivity index (χ1) is 15.0. The van der Waals surface area contributed by atoms with Crippen LogP contribution in [-0.2, 0) is 10.0 Å². The Bertz CT molecular complexity index is 916. The van der Waals surface area contributed by atoms with Crippen molar-refractivity contribution in [3.05, 3.63) is 54.0 Å². The van der Waals surface area contributed by atoms with Gasteiger partial charge in [0.15, 0.2) is 5.78 Å². The highest BCUT2D eigenvalue weighted by atomic mass is 32.2. The molecule has 1 aliphatic rings. The zero-order valence-electron chi connectivity index (χ0n) is 18.4. The number of ketones is 1. The zero-order chi connectivity index (χ0) is 22.3. The minimum Gasteiger partial charge on any atom is -0.468 e. The molecule has 1 aliphatic heterocycles. The lowest BCUT2D eigenvalue weighted by Gasteiger charge is -2.33. The van der Waals surface area contributed by atoms with Crippen molar-refractivity contribution in [1.29, 1.82) is 0 Å². The van der Waals surface area contributed by atoms with Crippen LogP contribution < -0.4 is 5.32 Å². The molecule has 1 atom stereocenters. The minimum atomic E-state index is -3.52. The van der Waals surface area contributed by atoms with E-state index in [9.17, 15) is 13.2 Å². The summed E-state index contributed by atoms with van der Waals surface area (Å²) in [5, 5.41) is 3.27. The normalized spacial score (nSPS) is 16.5. The van der Waals surface area contributed by atoms with Gasteiger partial charge in [0.05, 0.1) is 23.7 Å². The summed E-state index contributed by atoms with van der Waals surface area (Å²) in [6, 6.07) is 10.2. The van der Waals surface area contributed by atoms with Gasteiger partial charge in [-0.15, -0.1) is 0 Å². The van der Waals surface area contributed by atoms with Crippen molar-refractivity contribution in [1.82, 2.24) is 14.5 Å². The number of carbonyl (C=O) groups is 1. The molecule has 2 aromatic rings. The predicted molar refractivity (Wildman–Crippen MR) is 121 cm³/mol. The molecule has 1 saturated heterocycles. The number of Topliss-reactive ketones (excluding diaryl/α,β-unsaturated/α-hetero) is 1. The quantitative estimate of drug-likeness (QED) is 0.532. The predicted octanol–water partition coefficient (Wildman–Crippen LogP) is 3.31. The lowest BCUT2D eigenvalue weighted by atomic mass is 10.1. The number of nitrogens with zero attached hydrogens (tertiary/aromatic N) is 2. The van der Waals surface area contributed by atoms with Gasteiger partial charge < -0.3 is 9.73 Å². The third-order valence-electron chi connectivity index (χ3n) is 5.85. The van der Waals surface area contributed by atoms with Crippen molar-refractivity contribution in [2.45, 2.75) is 44.0 Å². The Morgan fingerprint density at radius 2 is 1.77 bits per heavy atom. The number of furan rings is 1. The average molecular weight is 448 g/mol. The highest BCUT2D eigenvalue weighted by Crippen LogP contribution is 2.24. The van der Waals surface area contributed by atoms with Crippen LogP contribution in [0.2, 0.25) is 0 Å². The smallest absolute Gasteiger partial charge is 0.243 e. The summed E-state index contributed by atoms with van der Waals surface area (Å²) < 4.78 is 32.3. The molecular weight excluding hydrogens is 414 g/mol. The average Bonchev–Trinajstić information content (AvgIpc) is 3.32. The number of carbonyl (C=O) groups excluding carboxylic acids is 1. The molecule has 7 nitrogen and oxygen atoms in total. The van der Waals surface area contributed by atoms with Gasteiger partial charge in [-0.25, -0.2) is 8.42 Å². The number of nitrogens with one attached hydrogen (secondary N) is 1. The van der Waals surface area contributed by atoms with E-state index < -0.39 is 10.0 Å². The lowest BCUT2D eigenvalue weighted by Crippen LogP contribution is -2.40. The fraction of sp³-hybridized carbons (Fsp3) is 0.522. The molecule has 170 valence electrons. The molecule has 0 saturated carbocycles. The Balaban J connectivity index is 1.59. The number of likely N-dealkylation sites (tertiary alicyclic amines) is 1. The van der Waals surface area contributed by atoms with Gasteiger partial charge in [-0.2, -0.15) is 4.31 Å². The van der Waals surface area contributed by atoms with E-state index in [1.807, 2.05) is 26.0 Å². The second-order valence-electron chi connectivity index (χ2n) is 7.80. The second kappa shape index (κ2) is 11.0. The highest BCUT2D eigenvalue weighted by molar-refractivity contribution is 7.89. The Hall–Kier alpha value is -2.00. The van der Waals surface area contributed by atoms with Crippen LogP contribution in [0.4, 0.5) is 0 Å². The van der Waals surface area contributed by atoms with E-state index in [0.717, 1.165) is 18.8 Å². The second-order valence-corrected chi connectivity index (χ2v) is 9.73. The summed E-state index contributed by atoms with van der Waals surface area (Å²) in [5.41, 5.74) is 0.499. The van der Waals surface area contributed by atoms with E-state index in [1.54, 1.807) is 18.4 Å². The first-order valence-corrected chi connectivity index (χ1v) is 12.5. The summed E-state index contributed by atoms with van der Waals surface area (Å²) in [4.78, 5) is 15.3. The topological polar surface area (TPSA) is 82.9 Å². The molecule has 0 amide bonds. The summed E-state index contributed by atoms with van der Waals surface area (Å²) >= 11 is 0. The van der Waals surface area contributed by atoms with E-state index in [0.29, 0.717) is 25.2 Å². The Morgan fingerprint density at radius 3 is 2.35 bits per heavy atom. The van der Waals surface area contributed by atoms with E-state index in [2.05, 4.69) is 10.2 Å². The molecule has 0 aliphatic carbocycles. The van der Waals surface area contributed by atoms with Crippen LogP contribution in [0.1, 0.15) is 55.3 Å². The maximum Gasteiger partial charge on any atom is 0.243 e. The van der Waals surface area contributed by atoms with Crippen molar-refractivity contribution in [3.63, 3.8) is 0 Å². The molecule has 0 bridgehead atoms. The highest BCUT2D eigenvalue weighted by Gasteiger charge is 2.25. The Labute approximate surface area is 185 Å². The summed E-state index contributed by atoms with van der Waals surface area (Å²) in [7, 11) is -3.52. The Morgan fingerprint density at radius 1 is 1.10 bits per heavy atom. The standard InChI is InChI=1S/C23H33N3O4S/c1-3-26(4-2)31(28,29)20-12-10-19(11-13-20)22(27)18-24-17-21(23-9-8-16-30-23)25-14-6-5-7-15-25/h8-13,16,21,24H,3-7,14-15,17-18H2,1-2H3. The maximum atomic E-state index is 12.6. The molecule has 1 N–H and O–H groups in total. The summed E-state index contributed by atoms with van der Waals surface area (Å²) in [6.07, 6.45) is 5.30. The fourth-order valence-electron chi connectivity index (χ4n) is 4.07. The van der Waals surface area contributed by atoms with Gasteiger partial charge in [-0.05, 0) is 50.2 Å². The van der Waals surface area contributed by atoms with Gasteiger partial charge in [-0.3, -0.25) is 9.69 Å². The van der Waals surface area contributed by atoms with Crippen molar-refractivity contribution >= 4 is 15.8 Å². The van der Waals surface area contributed by atoms with E-state index in [-0.39, 0.29) is 23.3 Å². The molecule has 0 spiro atoms. The van der Waals surface area contributed by atoms with Crippen LogP contribution in [0.5, 0.6) is 0 Å². The van der Waals surface area contributed by atoms with Gasteiger partial charge >= 0.3 is 0 Å². The molecule has 0 radical (unpaired) electrons. The molecule has 1 aromatic heterocycles. The first kappa shape index (κ1) is 23.7. The van der Waals surface area contributed by atoms with Crippen LogP contribution in [0, 0.1) is 0 Å². The SMILES string of the molecule is CCN(CC)S(=O)(=O)c1ccc(C(=O)CNCC(c2ccco2)N2CCCCC2)cc1. The van der Waals surface area contributed by atoms with Crippen LogP contribution in [-0.4, -0.2) is 62.7 Å². The first-order valence-electron chi connectivity index (χ1n) is 11.1. The molecule has 8 heteroatoms. The van der Waals surface area contributed by atoms with Gasteiger partial charge in [0, 0.05) is 25.2 Å². The van der Waals surface area contributed by atoms with E-state index >= 15 is 0 Å².